The van der Waals surface area contributed by atoms with E-state index < -0.39 is 0 Å². The predicted octanol–water partition coefficient (Wildman–Crippen LogP) is 0.359. The second-order valence-electron chi connectivity index (χ2n) is 3.01. The molecule has 1 aromatic carbocycles. The summed E-state index contributed by atoms with van der Waals surface area (Å²) in [6.07, 6.45) is 0. The van der Waals surface area contributed by atoms with Crippen LogP contribution in [-0.4, -0.2) is 14.9 Å². The minimum atomic E-state index is -0.0954. The van der Waals surface area contributed by atoms with Gasteiger partial charge in [-0.15, -0.1) is 0 Å². The number of aryl methyl sites for hydroxylation is 1. The van der Waals surface area contributed by atoms with Crippen molar-refractivity contribution in [1.82, 2.24) is 9.78 Å². The van der Waals surface area contributed by atoms with Crippen molar-refractivity contribution in [3.8, 4) is 0 Å². The highest BCUT2D eigenvalue weighted by atomic mass is 16.3. The van der Waals surface area contributed by atoms with Gasteiger partial charge >= 0.3 is 0 Å². The summed E-state index contributed by atoms with van der Waals surface area (Å²) in [7, 11) is 1.77. The number of fused-ring (bicyclic) bond motifs is 1. The Hall–Kier alpha value is -1.55. The Kier molecular flexibility index (Phi) is 1.70. The molecule has 0 aliphatic rings. The molecule has 1 aromatic heterocycles. The number of H-pyrrole nitrogens is 1. The molecule has 0 saturated carbocycles. The van der Waals surface area contributed by atoms with Crippen LogP contribution >= 0.6 is 0 Å². The molecule has 13 heavy (non-hydrogen) atoms. The van der Waals surface area contributed by atoms with E-state index in [1.807, 2.05) is 0 Å². The van der Waals surface area contributed by atoms with Gasteiger partial charge < -0.3 is 5.11 Å². The van der Waals surface area contributed by atoms with E-state index in [1.54, 1.807) is 29.9 Å². The summed E-state index contributed by atoms with van der Waals surface area (Å²) in [6, 6.07) is 5.27. The Labute approximate surface area is 74.4 Å². The van der Waals surface area contributed by atoms with Crippen LogP contribution in [-0.2, 0) is 13.7 Å². The van der Waals surface area contributed by atoms with E-state index in [0.717, 1.165) is 11.1 Å². The molecule has 4 heteroatoms. The fraction of sp³-hybridized carbons (Fsp3) is 0.222. The summed E-state index contributed by atoms with van der Waals surface area (Å²) in [4.78, 5) is 11.3. The Bertz CT molecular complexity index is 496. The zero-order valence-electron chi connectivity index (χ0n) is 7.24. The van der Waals surface area contributed by atoms with E-state index in [2.05, 4.69) is 5.10 Å². The molecule has 0 radical (unpaired) electrons. The molecule has 2 N–H and O–H groups in total. The summed E-state index contributed by atoms with van der Waals surface area (Å²) in [5, 5.41) is 12.2. The van der Waals surface area contributed by atoms with Crippen LogP contribution in [0, 0.1) is 0 Å². The van der Waals surface area contributed by atoms with Crippen LogP contribution in [0.15, 0.2) is 23.0 Å². The molecular formula is C9H10N2O2. The second kappa shape index (κ2) is 2.74. The second-order valence-corrected chi connectivity index (χ2v) is 3.01. The third-order valence-corrected chi connectivity index (χ3v) is 2.12. The topological polar surface area (TPSA) is 58.0 Å². The largest absolute Gasteiger partial charge is 0.392 e. The highest BCUT2D eigenvalue weighted by molar-refractivity contribution is 5.78. The summed E-state index contributed by atoms with van der Waals surface area (Å²) in [5.41, 5.74) is 1.53. The SMILES string of the molecule is Cn1[nH]c(=O)c2ccc(CO)cc21. The van der Waals surface area contributed by atoms with Gasteiger partial charge in [0.1, 0.15) is 0 Å². The van der Waals surface area contributed by atoms with Gasteiger partial charge in [-0.25, -0.2) is 0 Å². The lowest BCUT2D eigenvalue weighted by molar-refractivity contribution is 0.282. The number of aromatic amines is 1. The van der Waals surface area contributed by atoms with E-state index in [-0.39, 0.29) is 12.2 Å². The molecule has 0 aliphatic heterocycles. The number of hydrogen-bond acceptors (Lipinski definition) is 2. The molecule has 68 valence electrons. The van der Waals surface area contributed by atoms with Gasteiger partial charge in [-0.05, 0) is 17.7 Å². The maximum Gasteiger partial charge on any atom is 0.271 e. The van der Waals surface area contributed by atoms with Gasteiger partial charge in [-0.1, -0.05) is 6.07 Å². The Morgan fingerprint density at radius 2 is 2.31 bits per heavy atom. The normalized spacial score (nSPS) is 10.9. The van der Waals surface area contributed by atoms with Gasteiger partial charge in [0.2, 0.25) is 0 Å². The molecule has 0 saturated heterocycles. The Morgan fingerprint density at radius 3 is 3.00 bits per heavy atom. The smallest absolute Gasteiger partial charge is 0.271 e. The third kappa shape index (κ3) is 1.15. The fourth-order valence-electron chi connectivity index (χ4n) is 1.42. The van der Waals surface area contributed by atoms with Crippen LogP contribution in [0.3, 0.4) is 0 Å². The van der Waals surface area contributed by atoms with Crippen molar-refractivity contribution >= 4 is 10.9 Å². The minimum absolute atomic E-state index is 0.00465. The van der Waals surface area contributed by atoms with Gasteiger partial charge in [0.25, 0.3) is 5.56 Å². The maximum absolute atomic E-state index is 11.3. The zero-order valence-corrected chi connectivity index (χ0v) is 7.24. The van der Waals surface area contributed by atoms with Crippen LogP contribution in [0.1, 0.15) is 5.56 Å². The molecule has 0 unspecified atom stereocenters. The minimum Gasteiger partial charge on any atom is -0.392 e. The maximum atomic E-state index is 11.3. The van der Waals surface area contributed by atoms with Gasteiger partial charge in [0.05, 0.1) is 17.5 Å². The van der Waals surface area contributed by atoms with Crippen molar-refractivity contribution in [3.05, 3.63) is 34.1 Å². The van der Waals surface area contributed by atoms with Crippen molar-refractivity contribution < 1.29 is 5.11 Å². The first-order valence-electron chi connectivity index (χ1n) is 4.01. The van der Waals surface area contributed by atoms with Gasteiger partial charge in [0.15, 0.2) is 0 Å². The van der Waals surface area contributed by atoms with Crippen LogP contribution in [0.2, 0.25) is 0 Å². The molecular weight excluding hydrogens is 168 g/mol. The van der Waals surface area contributed by atoms with Gasteiger partial charge in [0, 0.05) is 7.05 Å². The van der Waals surface area contributed by atoms with Crippen molar-refractivity contribution in [2.75, 3.05) is 0 Å². The Balaban J connectivity index is 2.84. The molecule has 0 spiro atoms. The first-order valence-corrected chi connectivity index (χ1v) is 4.01. The number of benzene rings is 1. The van der Waals surface area contributed by atoms with Crippen molar-refractivity contribution in [2.45, 2.75) is 6.61 Å². The molecule has 0 amide bonds. The predicted molar refractivity (Wildman–Crippen MR) is 49.5 cm³/mol. The molecule has 0 fully saturated rings. The number of aliphatic hydroxyl groups is 1. The molecule has 1 heterocycles. The average molecular weight is 178 g/mol. The molecule has 0 bridgehead atoms. The van der Waals surface area contributed by atoms with E-state index in [4.69, 9.17) is 5.11 Å². The van der Waals surface area contributed by atoms with Crippen LogP contribution in [0.4, 0.5) is 0 Å². The quantitative estimate of drug-likeness (QED) is 0.662. The first kappa shape index (κ1) is 8.07. The number of aromatic nitrogens is 2. The van der Waals surface area contributed by atoms with Crippen molar-refractivity contribution in [1.29, 1.82) is 0 Å². The number of nitrogens with zero attached hydrogens (tertiary/aromatic N) is 1. The van der Waals surface area contributed by atoms with Crippen molar-refractivity contribution in [3.63, 3.8) is 0 Å². The number of nitrogens with one attached hydrogen (secondary N) is 1. The lowest BCUT2D eigenvalue weighted by Gasteiger charge is -1.97. The van der Waals surface area contributed by atoms with Gasteiger partial charge in [-0.2, -0.15) is 0 Å². The van der Waals surface area contributed by atoms with Crippen LogP contribution in [0.25, 0.3) is 10.9 Å². The standard InChI is InChI=1S/C9H10N2O2/c1-11-8-4-6(5-12)2-3-7(8)9(13)10-11/h2-4,12H,5H2,1H3,(H,10,13). The summed E-state index contributed by atoms with van der Waals surface area (Å²) in [5.74, 6) is 0. The first-order chi connectivity index (χ1) is 6.22. The van der Waals surface area contributed by atoms with E-state index in [0.29, 0.717) is 5.39 Å². The molecule has 4 nitrogen and oxygen atoms in total. The number of rotatable bonds is 1. The van der Waals surface area contributed by atoms with E-state index >= 15 is 0 Å². The fourth-order valence-corrected chi connectivity index (χ4v) is 1.42. The summed E-state index contributed by atoms with van der Waals surface area (Å²) < 4.78 is 1.65. The van der Waals surface area contributed by atoms with Crippen LogP contribution in [0.5, 0.6) is 0 Å². The monoisotopic (exact) mass is 178 g/mol. The summed E-state index contributed by atoms with van der Waals surface area (Å²) in [6.45, 7) is -0.00465. The number of hydrogen-bond donors (Lipinski definition) is 2. The van der Waals surface area contributed by atoms with Crippen LogP contribution < -0.4 is 5.56 Å². The highest BCUT2D eigenvalue weighted by Gasteiger charge is 2.03. The molecule has 0 atom stereocenters. The highest BCUT2D eigenvalue weighted by Crippen LogP contribution is 2.11. The van der Waals surface area contributed by atoms with E-state index in [1.165, 1.54) is 0 Å². The molecule has 0 aliphatic carbocycles. The van der Waals surface area contributed by atoms with Gasteiger partial charge in [-0.3, -0.25) is 14.6 Å². The third-order valence-electron chi connectivity index (χ3n) is 2.12. The molecule has 2 rings (SSSR count). The Morgan fingerprint density at radius 1 is 1.54 bits per heavy atom. The lowest BCUT2D eigenvalue weighted by atomic mass is 10.2. The zero-order chi connectivity index (χ0) is 9.42. The van der Waals surface area contributed by atoms with E-state index in [9.17, 15) is 4.79 Å². The lowest BCUT2D eigenvalue weighted by Crippen LogP contribution is -2.01. The number of aliphatic hydroxyl groups excluding tert-OH is 1. The molecule has 2 aromatic rings. The van der Waals surface area contributed by atoms with Crippen molar-refractivity contribution in [2.24, 2.45) is 7.05 Å². The average Bonchev–Trinajstić information content (AvgIpc) is 2.42. The summed E-state index contributed by atoms with van der Waals surface area (Å²) >= 11 is 0.